The summed E-state index contributed by atoms with van der Waals surface area (Å²) in [6.07, 6.45) is 4.82. The topological polar surface area (TPSA) is 40.5 Å². The van der Waals surface area contributed by atoms with E-state index in [1.165, 1.54) is 0 Å². The maximum Gasteiger partial charge on any atom is 0.227 e. The highest BCUT2D eigenvalue weighted by atomic mass is 79.9. The molecule has 3 nitrogen and oxygen atoms in total. The first-order valence-corrected chi connectivity index (χ1v) is 7.78. The van der Waals surface area contributed by atoms with Crippen molar-refractivity contribution in [3.8, 4) is 5.75 Å². The fraction of sp³-hybridized carbons (Fsp3) is 0.533. The van der Waals surface area contributed by atoms with Crippen molar-refractivity contribution in [1.29, 1.82) is 0 Å². The summed E-state index contributed by atoms with van der Waals surface area (Å²) in [7, 11) is 0. The van der Waals surface area contributed by atoms with Gasteiger partial charge in [0.15, 0.2) is 0 Å². The highest BCUT2D eigenvalue weighted by molar-refractivity contribution is 9.09. The number of amides is 1. The van der Waals surface area contributed by atoms with Crippen LogP contribution in [0.25, 0.3) is 0 Å². The van der Waals surface area contributed by atoms with Crippen LogP contribution in [0.2, 0.25) is 0 Å². The highest BCUT2D eigenvalue weighted by Gasteiger charge is 2.42. The van der Waals surface area contributed by atoms with Crippen molar-refractivity contribution in [1.82, 2.24) is 4.90 Å². The summed E-state index contributed by atoms with van der Waals surface area (Å²) in [5.74, 6) is 0.435. The number of nitrogens with zero attached hydrogens (tertiary/aromatic N) is 1. The maximum atomic E-state index is 12.5. The molecular formula is C15H18BrNO2. The second kappa shape index (κ2) is 5.16. The normalized spacial score (nSPS) is 29.5. The molecule has 0 saturated carbocycles. The van der Waals surface area contributed by atoms with Gasteiger partial charge in [0.2, 0.25) is 5.91 Å². The maximum absolute atomic E-state index is 12.5. The van der Waals surface area contributed by atoms with Crippen molar-refractivity contribution in [2.45, 2.75) is 49.0 Å². The number of carbonyl (C=O) groups is 1. The monoisotopic (exact) mass is 323 g/mol. The molecule has 0 aliphatic carbocycles. The number of alkyl halides is 1. The van der Waals surface area contributed by atoms with Crippen molar-refractivity contribution in [2.75, 3.05) is 0 Å². The molecule has 2 saturated heterocycles. The number of benzene rings is 1. The quantitative estimate of drug-likeness (QED) is 0.850. The molecule has 1 N–H and O–H groups in total. The second-order valence-corrected chi connectivity index (χ2v) is 6.90. The van der Waals surface area contributed by atoms with E-state index in [4.69, 9.17) is 0 Å². The Morgan fingerprint density at radius 1 is 1.32 bits per heavy atom. The molecular weight excluding hydrogens is 306 g/mol. The van der Waals surface area contributed by atoms with Gasteiger partial charge in [-0.2, -0.15) is 0 Å². The highest BCUT2D eigenvalue weighted by Crippen LogP contribution is 2.38. The Labute approximate surface area is 121 Å². The van der Waals surface area contributed by atoms with E-state index in [0.717, 1.165) is 31.2 Å². The van der Waals surface area contributed by atoms with Gasteiger partial charge in [-0.15, -0.1) is 0 Å². The van der Waals surface area contributed by atoms with Crippen LogP contribution in [0, 0.1) is 0 Å². The summed E-state index contributed by atoms with van der Waals surface area (Å²) in [5, 5.41) is 9.46. The first-order valence-electron chi connectivity index (χ1n) is 6.86. The Bertz CT molecular complexity index is 477. The Kier molecular flexibility index (Phi) is 3.52. The average molecular weight is 324 g/mol. The standard InChI is InChI=1S/C15H18BrNO2/c16-11-8-12-4-5-13(9-11)17(12)15(19)7-10-2-1-3-14(18)6-10/h1-3,6,11-13,18H,4-5,7-9H2. The van der Waals surface area contributed by atoms with Crippen molar-refractivity contribution in [2.24, 2.45) is 0 Å². The van der Waals surface area contributed by atoms with E-state index in [9.17, 15) is 9.90 Å². The van der Waals surface area contributed by atoms with Crippen molar-refractivity contribution < 1.29 is 9.90 Å². The number of halogens is 1. The number of aromatic hydroxyl groups is 1. The van der Waals surface area contributed by atoms with E-state index in [2.05, 4.69) is 20.8 Å². The first-order chi connectivity index (χ1) is 9.13. The summed E-state index contributed by atoms with van der Waals surface area (Å²) in [6, 6.07) is 7.82. The molecule has 1 amide bonds. The molecule has 4 heteroatoms. The molecule has 102 valence electrons. The minimum absolute atomic E-state index is 0.206. The molecule has 2 aliphatic heterocycles. The summed E-state index contributed by atoms with van der Waals surface area (Å²) in [6.45, 7) is 0. The van der Waals surface area contributed by atoms with Crippen LogP contribution >= 0.6 is 15.9 Å². The smallest absolute Gasteiger partial charge is 0.227 e. The number of rotatable bonds is 2. The minimum atomic E-state index is 0.206. The van der Waals surface area contributed by atoms with Gasteiger partial charge in [-0.1, -0.05) is 28.1 Å². The molecule has 19 heavy (non-hydrogen) atoms. The predicted octanol–water partition coefficient (Wildman–Crippen LogP) is 2.85. The molecule has 1 aromatic carbocycles. The van der Waals surface area contributed by atoms with Crippen molar-refractivity contribution in [3.05, 3.63) is 29.8 Å². The summed E-state index contributed by atoms with van der Waals surface area (Å²) in [5.41, 5.74) is 0.894. The van der Waals surface area contributed by atoms with E-state index in [-0.39, 0.29) is 11.7 Å². The Morgan fingerprint density at radius 2 is 2.00 bits per heavy atom. The van der Waals surface area contributed by atoms with Gasteiger partial charge < -0.3 is 10.0 Å². The van der Waals surface area contributed by atoms with E-state index in [1.54, 1.807) is 18.2 Å². The summed E-state index contributed by atoms with van der Waals surface area (Å²) >= 11 is 3.69. The van der Waals surface area contributed by atoms with E-state index in [0.29, 0.717) is 23.3 Å². The zero-order valence-corrected chi connectivity index (χ0v) is 12.3. The van der Waals surface area contributed by atoms with Gasteiger partial charge in [0, 0.05) is 16.9 Å². The summed E-state index contributed by atoms with van der Waals surface area (Å²) < 4.78 is 0. The number of hydrogen-bond donors (Lipinski definition) is 1. The average Bonchev–Trinajstić information content (AvgIpc) is 2.62. The molecule has 0 aromatic heterocycles. The van der Waals surface area contributed by atoms with Crippen LogP contribution in [0.5, 0.6) is 5.75 Å². The lowest BCUT2D eigenvalue weighted by atomic mass is 10.0. The van der Waals surface area contributed by atoms with Gasteiger partial charge in [0.05, 0.1) is 6.42 Å². The Hall–Kier alpha value is -1.03. The zero-order valence-electron chi connectivity index (χ0n) is 10.8. The van der Waals surface area contributed by atoms with Gasteiger partial charge in [-0.3, -0.25) is 4.79 Å². The molecule has 3 rings (SSSR count). The van der Waals surface area contributed by atoms with Gasteiger partial charge in [0.25, 0.3) is 0 Å². The van der Waals surface area contributed by atoms with Crippen LogP contribution in [0.15, 0.2) is 24.3 Å². The van der Waals surface area contributed by atoms with E-state index < -0.39 is 0 Å². The number of carbonyl (C=O) groups excluding carboxylic acids is 1. The lowest BCUT2D eigenvalue weighted by Gasteiger charge is -2.37. The molecule has 2 bridgehead atoms. The van der Waals surface area contributed by atoms with Crippen LogP contribution in [0.4, 0.5) is 0 Å². The van der Waals surface area contributed by atoms with E-state index in [1.807, 2.05) is 6.07 Å². The van der Waals surface area contributed by atoms with E-state index >= 15 is 0 Å². The van der Waals surface area contributed by atoms with Gasteiger partial charge in [-0.05, 0) is 43.4 Å². The van der Waals surface area contributed by atoms with Crippen LogP contribution in [0.1, 0.15) is 31.2 Å². The molecule has 2 atom stereocenters. The first kappa shape index (κ1) is 13.0. The molecule has 2 heterocycles. The number of phenols is 1. The third kappa shape index (κ3) is 2.64. The fourth-order valence-electron chi connectivity index (χ4n) is 3.45. The third-order valence-electron chi connectivity index (χ3n) is 4.23. The lowest BCUT2D eigenvalue weighted by molar-refractivity contribution is -0.134. The van der Waals surface area contributed by atoms with Crippen LogP contribution in [-0.2, 0) is 11.2 Å². The van der Waals surface area contributed by atoms with Crippen molar-refractivity contribution >= 4 is 21.8 Å². The molecule has 2 fully saturated rings. The second-order valence-electron chi connectivity index (χ2n) is 5.60. The zero-order chi connectivity index (χ0) is 13.4. The lowest BCUT2D eigenvalue weighted by Crippen LogP contribution is -2.47. The van der Waals surface area contributed by atoms with Gasteiger partial charge >= 0.3 is 0 Å². The Balaban J connectivity index is 1.71. The Morgan fingerprint density at radius 3 is 2.63 bits per heavy atom. The molecule has 2 aliphatic rings. The molecule has 0 radical (unpaired) electrons. The van der Waals surface area contributed by atoms with Gasteiger partial charge in [-0.25, -0.2) is 0 Å². The third-order valence-corrected chi connectivity index (χ3v) is 4.98. The van der Waals surface area contributed by atoms with Gasteiger partial charge in [0.1, 0.15) is 5.75 Å². The van der Waals surface area contributed by atoms with Crippen molar-refractivity contribution in [3.63, 3.8) is 0 Å². The number of hydrogen-bond acceptors (Lipinski definition) is 2. The number of piperidine rings is 1. The van der Waals surface area contributed by atoms with Crippen LogP contribution < -0.4 is 0 Å². The molecule has 0 spiro atoms. The predicted molar refractivity (Wildman–Crippen MR) is 77.4 cm³/mol. The van der Waals surface area contributed by atoms with Crippen LogP contribution in [0.3, 0.4) is 0 Å². The molecule has 1 aromatic rings. The fourth-order valence-corrected chi connectivity index (χ4v) is 4.31. The number of phenolic OH excluding ortho intramolecular Hbond substituents is 1. The SMILES string of the molecule is O=C(Cc1cccc(O)c1)N1C2CCC1CC(Br)C2. The largest absolute Gasteiger partial charge is 0.508 e. The number of fused-ring (bicyclic) bond motifs is 2. The minimum Gasteiger partial charge on any atom is -0.508 e. The molecule has 2 unspecified atom stereocenters. The van der Waals surface area contributed by atoms with Crippen LogP contribution in [-0.4, -0.2) is 32.8 Å². The summed E-state index contributed by atoms with van der Waals surface area (Å²) in [4.78, 5) is 15.1.